The number of halogens is 5. The summed E-state index contributed by atoms with van der Waals surface area (Å²) >= 11 is 12.5. The standard InChI is InChI=1S/C28H27Cl2F3N2O5/c1-15(2)24(35-18-6-3-16(4-7-18)26(37)34-13-25(36)27(38)39)14-40-19-8-10-21(23(30)12-19)20-9-5-17(11-22(20)29)28(31,32)33/h3-12,15,24-25,35-36H,13-14H2,1-2H3,(H,34,37)(H,38,39). The molecule has 0 saturated heterocycles. The summed E-state index contributed by atoms with van der Waals surface area (Å²) in [6.45, 7) is 3.84. The van der Waals surface area contributed by atoms with E-state index < -0.39 is 36.3 Å². The summed E-state index contributed by atoms with van der Waals surface area (Å²) in [5.74, 6) is -1.35. The number of carbonyl (C=O) groups excluding carboxylic acids is 1. The number of carboxylic acids is 1. The molecule has 0 aliphatic heterocycles. The predicted molar refractivity (Wildman–Crippen MR) is 147 cm³/mol. The lowest BCUT2D eigenvalue weighted by molar-refractivity contribution is -0.146. The number of carbonyl (C=O) groups is 2. The molecule has 0 spiro atoms. The molecule has 3 aromatic rings. The first-order valence-electron chi connectivity index (χ1n) is 12.1. The lowest BCUT2D eigenvalue weighted by Crippen LogP contribution is -2.36. The number of hydrogen-bond acceptors (Lipinski definition) is 5. The van der Waals surface area contributed by atoms with E-state index in [1.807, 2.05) is 13.8 Å². The van der Waals surface area contributed by atoms with E-state index in [1.54, 1.807) is 42.5 Å². The minimum atomic E-state index is -4.50. The molecule has 214 valence electrons. The second kappa shape index (κ2) is 13.3. The molecule has 1 amide bonds. The van der Waals surface area contributed by atoms with Crippen LogP contribution in [0.5, 0.6) is 5.75 Å². The molecule has 0 bridgehead atoms. The normalized spacial score (nSPS) is 13.0. The fourth-order valence-electron chi connectivity index (χ4n) is 3.61. The predicted octanol–water partition coefficient (Wildman–Crippen LogP) is 6.37. The quantitative estimate of drug-likeness (QED) is 0.204. The average Bonchev–Trinajstić information content (AvgIpc) is 2.89. The Morgan fingerprint density at radius 3 is 2.08 bits per heavy atom. The Morgan fingerprint density at radius 2 is 1.55 bits per heavy atom. The van der Waals surface area contributed by atoms with Crippen LogP contribution >= 0.6 is 23.2 Å². The number of carboxylic acid groups (broad SMARTS) is 1. The number of rotatable bonds is 11. The Labute approximate surface area is 238 Å². The minimum absolute atomic E-state index is 0.0733. The smallest absolute Gasteiger partial charge is 0.416 e. The van der Waals surface area contributed by atoms with E-state index in [9.17, 15) is 27.9 Å². The molecular weight excluding hydrogens is 572 g/mol. The van der Waals surface area contributed by atoms with Gasteiger partial charge in [0.05, 0.1) is 23.2 Å². The van der Waals surface area contributed by atoms with Gasteiger partial charge < -0.3 is 25.6 Å². The number of amides is 1. The van der Waals surface area contributed by atoms with Crippen molar-refractivity contribution in [2.24, 2.45) is 5.92 Å². The molecule has 0 aliphatic rings. The third-order valence-electron chi connectivity index (χ3n) is 6.00. The minimum Gasteiger partial charge on any atom is -0.491 e. The summed E-state index contributed by atoms with van der Waals surface area (Å²) in [6.07, 6.45) is -6.19. The SMILES string of the molecule is CC(C)C(COc1ccc(-c2ccc(C(F)(F)F)cc2Cl)c(Cl)c1)Nc1ccc(C(=O)NCC(O)C(=O)O)cc1. The second-order valence-electron chi connectivity index (χ2n) is 9.28. The number of benzene rings is 3. The van der Waals surface area contributed by atoms with Crippen molar-refractivity contribution in [3.8, 4) is 16.9 Å². The number of hydrogen-bond donors (Lipinski definition) is 4. The molecule has 0 radical (unpaired) electrons. The topological polar surface area (TPSA) is 108 Å². The summed E-state index contributed by atoms with van der Waals surface area (Å²) in [5, 5.41) is 23.9. The van der Waals surface area contributed by atoms with Crippen LogP contribution in [0.15, 0.2) is 60.7 Å². The van der Waals surface area contributed by atoms with Gasteiger partial charge in [-0.1, -0.05) is 43.1 Å². The summed E-state index contributed by atoms with van der Waals surface area (Å²) in [4.78, 5) is 22.8. The molecule has 7 nitrogen and oxygen atoms in total. The monoisotopic (exact) mass is 598 g/mol. The lowest BCUT2D eigenvalue weighted by atomic mass is 10.0. The van der Waals surface area contributed by atoms with Crippen molar-refractivity contribution in [2.75, 3.05) is 18.5 Å². The van der Waals surface area contributed by atoms with Gasteiger partial charge in [0.15, 0.2) is 6.10 Å². The Bertz CT molecular complexity index is 1350. The van der Waals surface area contributed by atoms with Crippen LogP contribution in [0.25, 0.3) is 11.1 Å². The van der Waals surface area contributed by atoms with Crippen molar-refractivity contribution < 1.29 is 37.7 Å². The van der Waals surface area contributed by atoms with E-state index >= 15 is 0 Å². The number of anilines is 1. The second-order valence-corrected chi connectivity index (χ2v) is 10.1. The molecular formula is C28H27Cl2F3N2O5. The van der Waals surface area contributed by atoms with Crippen molar-refractivity contribution in [1.82, 2.24) is 5.32 Å². The number of aliphatic hydroxyl groups excluding tert-OH is 1. The lowest BCUT2D eigenvalue weighted by Gasteiger charge is -2.24. The third-order valence-corrected chi connectivity index (χ3v) is 6.63. The van der Waals surface area contributed by atoms with Gasteiger partial charge in [0.25, 0.3) is 5.91 Å². The van der Waals surface area contributed by atoms with Gasteiger partial charge in [-0.05, 0) is 60.5 Å². The summed E-state index contributed by atoms with van der Waals surface area (Å²) in [5.41, 5.74) is 0.993. The first-order valence-corrected chi connectivity index (χ1v) is 12.9. The summed E-state index contributed by atoms with van der Waals surface area (Å²) in [6, 6.07) is 14.3. The maximum absolute atomic E-state index is 13.0. The Kier molecular flexibility index (Phi) is 10.3. The summed E-state index contributed by atoms with van der Waals surface area (Å²) < 4.78 is 44.8. The van der Waals surface area contributed by atoms with Gasteiger partial charge in [0, 0.05) is 27.4 Å². The number of aliphatic carboxylic acids is 1. The van der Waals surface area contributed by atoms with Gasteiger partial charge in [-0.15, -0.1) is 0 Å². The maximum atomic E-state index is 13.0. The molecule has 2 atom stereocenters. The van der Waals surface area contributed by atoms with Crippen molar-refractivity contribution in [2.45, 2.75) is 32.2 Å². The van der Waals surface area contributed by atoms with Gasteiger partial charge in [-0.25, -0.2) is 4.79 Å². The largest absolute Gasteiger partial charge is 0.491 e. The van der Waals surface area contributed by atoms with Crippen molar-refractivity contribution in [3.63, 3.8) is 0 Å². The average molecular weight is 599 g/mol. The van der Waals surface area contributed by atoms with Crippen LogP contribution in [0.1, 0.15) is 29.8 Å². The molecule has 3 rings (SSSR count). The van der Waals surface area contributed by atoms with Crippen LogP contribution in [0.3, 0.4) is 0 Å². The molecule has 40 heavy (non-hydrogen) atoms. The molecule has 0 aliphatic carbocycles. The zero-order valence-electron chi connectivity index (χ0n) is 21.4. The highest BCUT2D eigenvalue weighted by atomic mass is 35.5. The maximum Gasteiger partial charge on any atom is 0.416 e. The molecule has 0 saturated carbocycles. The van der Waals surface area contributed by atoms with Crippen LogP contribution in [0.4, 0.5) is 18.9 Å². The zero-order valence-corrected chi connectivity index (χ0v) is 22.9. The van der Waals surface area contributed by atoms with Crippen molar-refractivity contribution in [1.29, 1.82) is 0 Å². The fraction of sp³-hybridized carbons (Fsp3) is 0.286. The van der Waals surface area contributed by atoms with Crippen LogP contribution < -0.4 is 15.4 Å². The van der Waals surface area contributed by atoms with Crippen LogP contribution in [0, 0.1) is 5.92 Å². The van der Waals surface area contributed by atoms with Crippen LogP contribution in [-0.2, 0) is 11.0 Å². The van der Waals surface area contributed by atoms with E-state index in [4.69, 9.17) is 33.0 Å². The van der Waals surface area contributed by atoms with Crippen molar-refractivity contribution >= 4 is 40.8 Å². The van der Waals surface area contributed by atoms with Gasteiger partial charge in [0.2, 0.25) is 0 Å². The van der Waals surface area contributed by atoms with Crippen LogP contribution in [0.2, 0.25) is 10.0 Å². The van der Waals surface area contributed by atoms with Gasteiger partial charge in [0.1, 0.15) is 12.4 Å². The Hall–Kier alpha value is -3.47. The highest BCUT2D eigenvalue weighted by molar-refractivity contribution is 6.36. The van der Waals surface area contributed by atoms with Gasteiger partial charge >= 0.3 is 12.1 Å². The first kappa shape index (κ1) is 31.1. The first-order chi connectivity index (χ1) is 18.8. The van der Waals surface area contributed by atoms with Crippen LogP contribution in [-0.4, -0.2) is 47.4 Å². The van der Waals surface area contributed by atoms with E-state index in [0.717, 1.165) is 17.8 Å². The number of ether oxygens (including phenoxy) is 1. The molecule has 12 heteroatoms. The molecule has 3 aromatic carbocycles. The van der Waals surface area contributed by atoms with E-state index in [1.165, 1.54) is 6.07 Å². The van der Waals surface area contributed by atoms with E-state index in [-0.39, 0.29) is 28.6 Å². The Balaban J connectivity index is 1.63. The van der Waals surface area contributed by atoms with Gasteiger partial charge in [-0.2, -0.15) is 13.2 Å². The molecule has 2 unspecified atom stereocenters. The highest BCUT2D eigenvalue weighted by Gasteiger charge is 2.31. The number of aliphatic hydroxyl groups is 1. The van der Waals surface area contributed by atoms with E-state index in [2.05, 4.69) is 10.6 Å². The third kappa shape index (κ3) is 8.27. The molecule has 4 N–H and O–H groups in total. The number of nitrogens with one attached hydrogen (secondary N) is 2. The number of alkyl halides is 3. The molecule has 0 aromatic heterocycles. The molecule has 0 fully saturated rings. The Morgan fingerprint density at radius 1 is 0.950 bits per heavy atom. The highest BCUT2D eigenvalue weighted by Crippen LogP contribution is 2.39. The zero-order chi connectivity index (χ0) is 29.6. The fourth-order valence-corrected chi connectivity index (χ4v) is 4.17. The van der Waals surface area contributed by atoms with Gasteiger partial charge in [-0.3, -0.25) is 4.79 Å². The summed E-state index contributed by atoms with van der Waals surface area (Å²) in [7, 11) is 0. The van der Waals surface area contributed by atoms with Crippen molar-refractivity contribution in [3.05, 3.63) is 81.8 Å². The van der Waals surface area contributed by atoms with E-state index in [0.29, 0.717) is 22.4 Å². The molecule has 0 heterocycles.